The Morgan fingerprint density at radius 2 is 1.68 bits per heavy atom. The molecule has 2 rings (SSSR count). The van der Waals surface area contributed by atoms with Gasteiger partial charge in [-0.25, -0.2) is 4.98 Å². The summed E-state index contributed by atoms with van der Waals surface area (Å²) >= 11 is 0. The molecule has 1 atom stereocenters. The molecule has 0 amide bonds. The van der Waals surface area contributed by atoms with Gasteiger partial charge in [0.2, 0.25) is 0 Å². The van der Waals surface area contributed by atoms with Crippen molar-refractivity contribution in [1.29, 1.82) is 0 Å². The van der Waals surface area contributed by atoms with E-state index in [2.05, 4.69) is 46.9 Å². The Kier molecular flexibility index (Phi) is 15.2. The molecule has 0 bridgehead atoms. The molecule has 1 N–H and O–H groups in total. The van der Waals surface area contributed by atoms with E-state index < -0.39 is 0 Å². The van der Waals surface area contributed by atoms with E-state index in [9.17, 15) is 0 Å². The van der Waals surface area contributed by atoms with Gasteiger partial charge in [0.25, 0.3) is 0 Å². The van der Waals surface area contributed by atoms with Gasteiger partial charge in [-0.05, 0) is 38.1 Å². The number of fused-ring (bicyclic) bond motifs is 1. The average Bonchev–Trinajstić information content (AvgIpc) is 3.01. The summed E-state index contributed by atoms with van der Waals surface area (Å²) in [4.78, 5) is 4.45. The number of aromatic nitrogens is 2. The van der Waals surface area contributed by atoms with E-state index in [0.717, 1.165) is 18.5 Å². The molecule has 0 fully saturated rings. The molecule has 22 heavy (non-hydrogen) atoms. The van der Waals surface area contributed by atoms with Crippen LogP contribution in [0.25, 0.3) is 11.0 Å². The summed E-state index contributed by atoms with van der Waals surface area (Å²) in [5.41, 5.74) is 3.61. The quantitative estimate of drug-likeness (QED) is 0.797. The van der Waals surface area contributed by atoms with E-state index >= 15 is 0 Å². The lowest BCUT2D eigenvalue weighted by atomic mass is 10.2. The van der Waals surface area contributed by atoms with Crippen LogP contribution in [-0.2, 0) is 0 Å². The number of likely N-dealkylation sites (N-methyl/N-ethyl adjacent to an activating group) is 1. The first-order valence-corrected chi connectivity index (χ1v) is 8.84. The summed E-state index contributed by atoms with van der Waals surface area (Å²) in [5, 5.41) is 3.24. The minimum Gasteiger partial charge on any atom is -0.326 e. The standard InChI is InChI=1S/C13H19N3.3C2H6/c1-4-11(8-14-3)16-9-15-12-6-5-10(2)7-13(12)16;3*1-2/h5-7,9,11,14H,4,8H2,1-3H3;3*1-2H3. The van der Waals surface area contributed by atoms with Crippen LogP contribution in [0.2, 0.25) is 0 Å². The fourth-order valence-corrected chi connectivity index (χ4v) is 2.10. The molecular formula is C19H37N3. The summed E-state index contributed by atoms with van der Waals surface area (Å²) in [5.74, 6) is 0. The van der Waals surface area contributed by atoms with Gasteiger partial charge >= 0.3 is 0 Å². The highest BCUT2D eigenvalue weighted by Gasteiger charge is 2.11. The average molecular weight is 308 g/mol. The number of rotatable bonds is 4. The molecule has 128 valence electrons. The molecule has 1 aromatic carbocycles. The Morgan fingerprint density at radius 3 is 2.18 bits per heavy atom. The summed E-state index contributed by atoms with van der Waals surface area (Å²) in [6, 6.07) is 6.89. The Hall–Kier alpha value is -1.35. The molecular weight excluding hydrogens is 270 g/mol. The van der Waals surface area contributed by atoms with Gasteiger partial charge in [0.05, 0.1) is 17.4 Å². The van der Waals surface area contributed by atoms with Crippen molar-refractivity contribution in [3.63, 3.8) is 0 Å². The first-order chi connectivity index (χ1) is 10.8. The molecule has 3 nitrogen and oxygen atoms in total. The summed E-state index contributed by atoms with van der Waals surface area (Å²) in [6.45, 7) is 17.3. The Balaban J connectivity index is 0. The molecule has 0 aliphatic rings. The highest BCUT2D eigenvalue weighted by molar-refractivity contribution is 5.76. The molecule has 0 saturated heterocycles. The van der Waals surface area contributed by atoms with Crippen LogP contribution in [0.5, 0.6) is 0 Å². The lowest BCUT2D eigenvalue weighted by Gasteiger charge is -2.17. The normalized spacial score (nSPS) is 10.4. The van der Waals surface area contributed by atoms with Crippen LogP contribution in [0.3, 0.4) is 0 Å². The maximum Gasteiger partial charge on any atom is 0.0961 e. The van der Waals surface area contributed by atoms with Gasteiger partial charge in [0.15, 0.2) is 0 Å². The van der Waals surface area contributed by atoms with E-state index in [1.807, 2.05) is 54.9 Å². The third kappa shape index (κ3) is 6.61. The zero-order chi connectivity index (χ0) is 17.5. The van der Waals surface area contributed by atoms with Crippen LogP contribution in [-0.4, -0.2) is 23.1 Å². The van der Waals surface area contributed by atoms with E-state index in [-0.39, 0.29) is 0 Å². The van der Waals surface area contributed by atoms with E-state index in [4.69, 9.17) is 0 Å². The minimum atomic E-state index is 0.483. The maximum absolute atomic E-state index is 4.45. The van der Waals surface area contributed by atoms with Gasteiger partial charge in [-0.15, -0.1) is 0 Å². The summed E-state index contributed by atoms with van der Waals surface area (Å²) in [6.07, 6.45) is 3.07. The van der Waals surface area contributed by atoms with Crippen molar-refractivity contribution in [1.82, 2.24) is 14.9 Å². The molecule has 1 aromatic heterocycles. The van der Waals surface area contributed by atoms with Gasteiger partial charge in [-0.2, -0.15) is 0 Å². The number of hydrogen-bond donors (Lipinski definition) is 1. The first-order valence-electron chi connectivity index (χ1n) is 8.84. The Labute approximate surface area is 138 Å². The highest BCUT2D eigenvalue weighted by atomic mass is 15.1. The van der Waals surface area contributed by atoms with Crippen LogP contribution >= 0.6 is 0 Å². The van der Waals surface area contributed by atoms with Crippen molar-refractivity contribution in [2.45, 2.75) is 67.9 Å². The number of nitrogens with zero attached hydrogens (tertiary/aromatic N) is 2. The molecule has 0 spiro atoms. The fraction of sp³-hybridized carbons (Fsp3) is 0.632. The maximum atomic E-state index is 4.45. The first kappa shape index (κ1) is 22.9. The second-order valence-corrected chi connectivity index (χ2v) is 4.26. The Morgan fingerprint density at radius 1 is 1.09 bits per heavy atom. The van der Waals surface area contributed by atoms with Gasteiger partial charge < -0.3 is 9.88 Å². The zero-order valence-electron chi connectivity index (χ0n) is 16.2. The zero-order valence-corrected chi connectivity index (χ0v) is 16.2. The van der Waals surface area contributed by atoms with E-state index in [1.54, 1.807) is 0 Å². The van der Waals surface area contributed by atoms with Gasteiger partial charge in [-0.1, -0.05) is 54.5 Å². The predicted molar refractivity (Wildman–Crippen MR) is 102 cm³/mol. The molecule has 0 radical (unpaired) electrons. The van der Waals surface area contributed by atoms with Crippen molar-refractivity contribution < 1.29 is 0 Å². The minimum absolute atomic E-state index is 0.483. The molecule has 1 heterocycles. The largest absolute Gasteiger partial charge is 0.326 e. The number of nitrogens with one attached hydrogen (secondary N) is 1. The van der Waals surface area contributed by atoms with Crippen molar-refractivity contribution in [3.05, 3.63) is 30.1 Å². The summed E-state index contributed by atoms with van der Waals surface area (Å²) < 4.78 is 2.28. The van der Waals surface area contributed by atoms with Gasteiger partial charge in [0, 0.05) is 12.6 Å². The van der Waals surface area contributed by atoms with Crippen molar-refractivity contribution >= 4 is 11.0 Å². The van der Waals surface area contributed by atoms with Crippen LogP contribution in [0.4, 0.5) is 0 Å². The second kappa shape index (κ2) is 14.6. The number of aryl methyl sites for hydroxylation is 1. The van der Waals surface area contributed by atoms with E-state index in [1.165, 1.54) is 11.1 Å². The number of benzene rings is 1. The monoisotopic (exact) mass is 307 g/mol. The highest BCUT2D eigenvalue weighted by Crippen LogP contribution is 2.20. The van der Waals surface area contributed by atoms with Crippen LogP contribution in [0, 0.1) is 6.92 Å². The van der Waals surface area contributed by atoms with Crippen LogP contribution < -0.4 is 5.32 Å². The third-order valence-corrected chi connectivity index (χ3v) is 3.03. The molecule has 1 unspecified atom stereocenters. The number of hydrogen-bond acceptors (Lipinski definition) is 2. The summed E-state index contributed by atoms with van der Waals surface area (Å²) in [7, 11) is 1.99. The fourth-order valence-electron chi connectivity index (χ4n) is 2.10. The number of imidazole rings is 1. The van der Waals surface area contributed by atoms with E-state index in [0.29, 0.717) is 6.04 Å². The SMILES string of the molecule is CC.CC.CC.CCC(CNC)n1cnc2ccc(C)cc21. The smallest absolute Gasteiger partial charge is 0.0961 e. The lowest BCUT2D eigenvalue weighted by molar-refractivity contribution is 0.475. The van der Waals surface area contributed by atoms with Crippen molar-refractivity contribution in [2.24, 2.45) is 0 Å². The lowest BCUT2D eigenvalue weighted by Crippen LogP contribution is -2.21. The molecule has 0 aliphatic carbocycles. The van der Waals surface area contributed by atoms with Crippen molar-refractivity contribution in [3.8, 4) is 0 Å². The van der Waals surface area contributed by atoms with Gasteiger partial charge in [0.1, 0.15) is 0 Å². The van der Waals surface area contributed by atoms with Crippen molar-refractivity contribution in [2.75, 3.05) is 13.6 Å². The molecule has 0 aliphatic heterocycles. The predicted octanol–water partition coefficient (Wildman–Crippen LogP) is 5.59. The molecule has 0 saturated carbocycles. The third-order valence-electron chi connectivity index (χ3n) is 3.03. The molecule has 2 aromatic rings. The van der Waals surface area contributed by atoms with Gasteiger partial charge in [-0.3, -0.25) is 0 Å². The topological polar surface area (TPSA) is 29.9 Å². The van der Waals surface area contributed by atoms with Crippen LogP contribution in [0.1, 0.15) is 66.5 Å². The second-order valence-electron chi connectivity index (χ2n) is 4.26. The van der Waals surface area contributed by atoms with Crippen LogP contribution in [0.15, 0.2) is 24.5 Å². The Bertz CT molecular complexity index is 474. The molecule has 3 heteroatoms.